The summed E-state index contributed by atoms with van der Waals surface area (Å²) in [4.78, 5) is 0. The molecule has 0 saturated carbocycles. The first-order valence-corrected chi connectivity index (χ1v) is 3.21. The normalized spacial score (nSPS) is 7.80. The molecule has 0 aromatic rings. The van der Waals surface area contributed by atoms with Gasteiger partial charge in [0.1, 0.15) is 0 Å². The maximum absolute atomic E-state index is 3.52. The van der Waals surface area contributed by atoms with Crippen molar-refractivity contribution in [2.45, 2.75) is 20.8 Å². The summed E-state index contributed by atoms with van der Waals surface area (Å²) in [6.45, 7) is 14.9. The van der Waals surface area contributed by atoms with Crippen molar-refractivity contribution in [1.29, 1.82) is 0 Å². The van der Waals surface area contributed by atoms with Crippen molar-refractivity contribution in [2.75, 3.05) is 13.1 Å². The summed E-state index contributed by atoms with van der Waals surface area (Å²) in [6, 6.07) is 0. The van der Waals surface area contributed by atoms with E-state index in [2.05, 4.69) is 39.9 Å². The van der Waals surface area contributed by atoms with Crippen LogP contribution in [0.4, 0.5) is 0 Å². The molecule has 2 heteroatoms. The van der Waals surface area contributed by atoms with E-state index < -0.39 is 0 Å². The Morgan fingerprint density at radius 3 is 1.30 bits per heavy atom. The van der Waals surface area contributed by atoms with E-state index in [1.165, 1.54) is 5.92 Å². The standard InChI is InChI=1S/C4H9N.C4H9.W/c1-3-5-4-2;1-4(2)3;/h5H,1-4H2;1-3H3;/q-2;-1;. The monoisotopic (exact) mass is 312 g/mol. The van der Waals surface area contributed by atoms with E-state index in [1.807, 2.05) is 0 Å². The van der Waals surface area contributed by atoms with Crippen molar-refractivity contribution < 1.29 is 21.1 Å². The molecule has 0 aromatic carbocycles. The van der Waals surface area contributed by atoms with Crippen molar-refractivity contribution in [3.05, 3.63) is 19.8 Å². The van der Waals surface area contributed by atoms with E-state index in [1.54, 1.807) is 0 Å². The quantitative estimate of drug-likeness (QED) is 0.768. The number of nitrogens with one attached hydrogen (secondary N) is 1. The minimum atomic E-state index is 0. The second-order valence-electron chi connectivity index (χ2n) is 2.25. The average Bonchev–Trinajstić information content (AvgIpc) is 1.66. The SMILES string of the molecule is C[C-](C)C.[CH2-]CNC[CH2-].[W]. The van der Waals surface area contributed by atoms with Crippen LogP contribution in [0, 0.1) is 19.8 Å². The van der Waals surface area contributed by atoms with Crippen LogP contribution in [-0.4, -0.2) is 13.1 Å². The molecule has 0 amide bonds. The molecule has 0 bridgehead atoms. The molecule has 0 radical (unpaired) electrons. The fourth-order valence-corrected chi connectivity index (χ4v) is 0.125. The van der Waals surface area contributed by atoms with Gasteiger partial charge in [0, 0.05) is 21.1 Å². The molecule has 0 fully saturated rings. The molecule has 0 spiro atoms. The third kappa shape index (κ3) is 72.1. The van der Waals surface area contributed by atoms with Crippen LogP contribution in [-0.2, 0) is 21.1 Å². The van der Waals surface area contributed by atoms with E-state index in [0.29, 0.717) is 0 Å². The van der Waals surface area contributed by atoms with Crippen molar-refractivity contribution in [3.8, 4) is 0 Å². The molecular weight excluding hydrogens is 294 g/mol. The van der Waals surface area contributed by atoms with E-state index in [9.17, 15) is 0 Å². The maximum Gasteiger partial charge on any atom is 0 e. The largest absolute Gasteiger partial charge is 0.376 e. The summed E-state index contributed by atoms with van der Waals surface area (Å²) in [5, 5.41) is 2.89. The molecule has 0 aliphatic rings. The van der Waals surface area contributed by atoms with Crippen LogP contribution in [0.3, 0.4) is 0 Å². The Bertz CT molecular complexity index is 33.5. The number of hydrogen-bond acceptors (Lipinski definition) is 1. The molecule has 0 aliphatic carbocycles. The molecular formula is C8H18NW-3. The predicted octanol–water partition coefficient (Wildman–Crippen LogP) is 1.86. The van der Waals surface area contributed by atoms with Gasteiger partial charge in [-0.3, -0.25) is 0 Å². The first kappa shape index (κ1) is 16.9. The van der Waals surface area contributed by atoms with Gasteiger partial charge in [0.2, 0.25) is 0 Å². The Kier molecular flexibility index (Phi) is 27.7. The molecule has 0 heterocycles. The Morgan fingerprint density at radius 1 is 1.10 bits per heavy atom. The summed E-state index contributed by atoms with van der Waals surface area (Å²) >= 11 is 0. The zero-order valence-electron chi connectivity index (χ0n) is 7.24. The molecule has 0 rings (SSSR count). The van der Waals surface area contributed by atoms with E-state index >= 15 is 0 Å². The zero-order chi connectivity index (χ0) is 7.70. The Hall–Kier alpha value is 0.648. The Labute approximate surface area is 80.2 Å². The van der Waals surface area contributed by atoms with E-state index in [0.717, 1.165) is 13.1 Å². The molecule has 64 valence electrons. The van der Waals surface area contributed by atoms with Crippen LogP contribution in [0.5, 0.6) is 0 Å². The molecule has 0 aliphatic heterocycles. The predicted molar refractivity (Wildman–Crippen MR) is 43.8 cm³/mol. The Morgan fingerprint density at radius 2 is 1.30 bits per heavy atom. The van der Waals surface area contributed by atoms with Gasteiger partial charge in [0.15, 0.2) is 0 Å². The third-order valence-electron chi connectivity index (χ3n) is 0.354. The minimum absolute atomic E-state index is 0. The van der Waals surface area contributed by atoms with Gasteiger partial charge >= 0.3 is 0 Å². The molecule has 0 unspecified atom stereocenters. The van der Waals surface area contributed by atoms with Crippen LogP contribution in [0.2, 0.25) is 0 Å². The molecule has 1 nitrogen and oxygen atoms in total. The second kappa shape index (κ2) is 16.3. The molecule has 0 saturated heterocycles. The number of hydrogen-bond donors (Lipinski definition) is 1. The molecule has 10 heavy (non-hydrogen) atoms. The zero-order valence-corrected chi connectivity index (χ0v) is 10.2. The topological polar surface area (TPSA) is 12.0 Å². The van der Waals surface area contributed by atoms with Gasteiger partial charge in [-0.25, -0.2) is 0 Å². The van der Waals surface area contributed by atoms with Crippen molar-refractivity contribution >= 4 is 0 Å². The van der Waals surface area contributed by atoms with Crippen molar-refractivity contribution in [3.63, 3.8) is 0 Å². The van der Waals surface area contributed by atoms with Crippen LogP contribution < -0.4 is 5.32 Å². The van der Waals surface area contributed by atoms with Crippen molar-refractivity contribution in [1.82, 2.24) is 5.32 Å². The first-order valence-electron chi connectivity index (χ1n) is 3.21. The van der Waals surface area contributed by atoms with E-state index in [4.69, 9.17) is 0 Å². The fraction of sp³-hybridized carbons (Fsp3) is 0.625. The number of rotatable bonds is 2. The van der Waals surface area contributed by atoms with Crippen molar-refractivity contribution in [2.24, 2.45) is 0 Å². The minimum Gasteiger partial charge on any atom is -0.376 e. The van der Waals surface area contributed by atoms with Crippen LogP contribution >= 0.6 is 0 Å². The van der Waals surface area contributed by atoms with Gasteiger partial charge in [-0.2, -0.15) is 20.8 Å². The van der Waals surface area contributed by atoms with Gasteiger partial charge < -0.3 is 25.1 Å². The molecule has 0 aromatic heterocycles. The van der Waals surface area contributed by atoms with Gasteiger partial charge in [-0.15, -0.1) is 13.1 Å². The average molecular weight is 312 g/mol. The Balaban J connectivity index is -0.0000000910. The summed E-state index contributed by atoms with van der Waals surface area (Å²) in [7, 11) is 0. The summed E-state index contributed by atoms with van der Waals surface area (Å²) in [5.41, 5.74) is 0. The molecule has 1 N–H and O–H groups in total. The fourth-order valence-electron chi connectivity index (χ4n) is 0.125. The van der Waals surface area contributed by atoms with Gasteiger partial charge in [-0.1, -0.05) is 0 Å². The molecule has 0 atom stereocenters. The summed E-state index contributed by atoms with van der Waals surface area (Å²) < 4.78 is 0. The van der Waals surface area contributed by atoms with Crippen LogP contribution in [0.1, 0.15) is 20.8 Å². The van der Waals surface area contributed by atoms with Gasteiger partial charge in [0.05, 0.1) is 0 Å². The van der Waals surface area contributed by atoms with Crippen LogP contribution in [0.25, 0.3) is 0 Å². The van der Waals surface area contributed by atoms with Crippen LogP contribution in [0.15, 0.2) is 0 Å². The van der Waals surface area contributed by atoms with Gasteiger partial charge in [-0.05, 0) is 0 Å². The maximum atomic E-state index is 3.52. The second-order valence-corrected chi connectivity index (χ2v) is 2.25. The van der Waals surface area contributed by atoms with Gasteiger partial charge in [0.25, 0.3) is 0 Å². The summed E-state index contributed by atoms with van der Waals surface area (Å²) in [5.74, 6) is 1.42. The smallest absolute Gasteiger partial charge is 0 e. The summed E-state index contributed by atoms with van der Waals surface area (Å²) in [6.07, 6.45) is 0. The third-order valence-corrected chi connectivity index (χ3v) is 0.354. The van der Waals surface area contributed by atoms with E-state index in [-0.39, 0.29) is 21.1 Å². The first-order chi connectivity index (χ1) is 4.15.